The van der Waals surface area contributed by atoms with Crippen molar-refractivity contribution in [3.8, 4) is 0 Å². The van der Waals surface area contributed by atoms with Crippen LogP contribution in [0.25, 0.3) is 0 Å². The van der Waals surface area contributed by atoms with Gasteiger partial charge in [0.2, 0.25) is 0 Å². The Morgan fingerprint density at radius 2 is 1.94 bits per heavy atom. The second kappa shape index (κ2) is 8.08. The summed E-state index contributed by atoms with van der Waals surface area (Å²) in [4.78, 5) is 0. The van der Waals surface area contributed by atoms with Crippen molar-refractivity contribution in [2.45, 2.75) is 58.8 Å². The summed E-state index contributed by atoms with van der Waals surface area (Å²) in [7, 11) is 0. The second-order valence-corrected chi connectivity index (χ2v) is 5.25. The average molecular weight is 227 g/mol. The summed E-state index contributed by atoms with van der Waals surface area (Å²) in [5.41, 5.74) is 0.461. The van der Waals surface area contributed by atoms with E-state index in [4.69, 9.17) is 4.74 Å². The predicted molar refractivity (Wildman–Crippen MR) is 69.8 cm³/mol. The van der Waals surface area contributed by atoms with Gasteiger partial charge in [-0.05, 0) is 19.4 Å². The molecule has 1 rings (SSSR count). The lowest BCUT2D eigenvalue weighted by Gasteiger charge is -2.27. The fourth-order valence-corrected chi connectivity index (χ4v) is 2.57. The third-order valence-corrected chi connectivity index (χ3v) is 3.75. The van der Waals surface area contributed by atoms with Crippen molar-refractivity contribution in [1.29, 1.82) is 0 Å². The minimum atomic E-state index is 0.461. The molecule has 1 heterocycles. The van der Waals surface area contributed by atoms with E-state index >= 15 is 0 Å². The van der Waals surface area contributed by atoms with Crippen molar-refractivity contribution in [2.75, 3.05) is 26.3 Å². The normalized spacial score (nSPS) is 25.1. The lowest BCUT2D eigenvalue weighted by molar-refractivity contribution is 0.142. The molecule has 1 fully saturated rings. The van der Waals surface area contributed by atoms with Crippen LogP contribution in [0.5, 0.6) is 0 Å². The molecule has 1 atom stereocenters. The Hall–Kier alpha value is -0.0800. The summed E-state index contributed by atoms with van der Waals surface area (Å²) in [6.45, 7) is 8.64. The molecule has 0 amide bonds. The molecule has 2 heteroatoms. The van der Waals surface area contributed by atoms with Crippen LogP contribution in [0.15, 0.2) is 0 Å². The SMILES string of the molecule is CCCCCCCC1(CNCC)CCOC1. The van der Waals surface area contributed by atoms with Crippen molar-refractivity contribution in [3.05, 3.63) is 0 Å². The van der Waals surface area contributed by atoms with Crippen molar-refractivity contribution in [2.24, 2.45) is 5.41 Å². The van der Waals surface area contributed by atoms with Gasteiger partial charge in [-0.1, -0.05) is 46.0 Å². The van der Waals surface area contributed by atoms with E-state index in [0.29, 0.717) is 5.41 Å². The van der Waals surface area contributed by atoms with Crippen LogP contribution in [0.4, 0.5) is 0 Å². The van der Waals surface area contributed by atoms with Gasteiger partial charge in [0.15, 0.2) is 0 Å². The van der Waals surface area contributed by atoms with Crippen LogP contribution < -0.4 is 5.32 Å². The Balaban J connectivity index is 2.17. The summed E-state index contributed by atoms with van der Waals surface area (Å²) in [6, 6.07) is 0. The Morgan fingerprint density at radius 3 is 2.56 bits per heavy atom. The van der Waals surface area contributed by atoms with Gasteiger partial charge in [0.1, 0.15) is 0 Å². The molecule has 0 radical (unpaired) electrons. The first-order valence-corrected chi connectivity index (χ1v) is 7.11. The number of unbranched alkanes of at least 4 members (excludes halogenated alkanes) is 4. The Labute approximate surface area is 101 Å². The molecule has 0 bridgehead atoms. The van der Waals surface area contributed by atoms with E-state index in [2.05, 4.69) is 19.2 Å². The molecule has 0 aromatic carbocycles. The molecule has 1 saturated heterocycles. The standard InChI is InChI=1S/C14H29NO/c1-3-5-6-7-8-9-14(12-15-4-2)10-11-16-13-14/h15H,3-13H2,1-2H3. The van der Waals surface area contributed by atoms with E-state index in [1.807, 2.05) is 0 Å². The minimum Gasteiger partial charge on any atom is -0.381 e. The molecule has 0 aromatic rings. The third-order valence-electron chi connectivity index (χ3n) is 3.75. The van der Waals surface area contributed by atoms with Gasteiger partial charge < -0.3 is 10.1 Å². The number of rotatable bonds is 9. The van der Waals surface area contributed by atoms with Crippen LogP contribution >= 0.6 is 0 Å². The van der Waals surface area contributed by atoms with Gasteiger partial charge in [-0.15, -0.1) is 0 Å². The highest BCUT2D eigenvalue weighted by Crippen LogP contribution is 2.33. The van der Waals surface area contributed by atoms with E-state index in [9.17, 15) is 0 Å². The highest BCUT2D eigenvalue weighted by molar-refractivity contribution is 4.85. The molecular formula is C14H29NO. The zero-order valence-corrected chi connectivity index (χ0v) is 11.2. The highest BCUT2D eigenvalue weighted by Gasteiger charge is 2.33. The van der Waals surface area contributed by atoms with Gasteiger partial charge in [0.25, 0.3) is 0 Å². The van der Waals surface area contributed by atoms with Crippen LogP contribution in [0, 0.1) is 5.41 Å². The monoisotopic (exact) mass is 227 g/mol. The third kappa shape index (κ3) is 4.84. The summed E-state index contributed by atoms with van der Waals surface area (Å²) < 4.78 is 5.60. The molecule has 96 valence electrons. The largest absolute Gasteiger partial charge is 0.381 e. The van der Waals surface area contributed by atoms with E-state index in [1.54, 1.807) is 0 Å². The van der Waals surface area contributed by atoms with E-state index in [0.717, 1.165) is 26.3 Å². The average Bonchev–Trinajstić information content (AvgIpc) is 2.76. The molecule has 0 aliphatic carbocycles. The maximum Gasteiger partial charge on any atom is 0.0535 e. The molecule has 0 saturated carbocycles. The van der Waals surface area contributed by atoms with Gasteiger partial charge in [-0.2, -0.15) is 0 Å². The van der Waals surface area contributed by atoms with Crippen molar-refractivity contribution < 1.29 is 4.74 Å². The first-order valence-electron chi connectivity index (χ1n) is 7.11. The van der Waals surface area contributed by atoms with Crippen molar-refractivity contribution >= 4 is 0 Å². The Kier molecular flexibility index (Phi) is 7.06. The minimum absolute atomic E-state index is 0.461. The van der Waals surface area contributed by atoms with Crippen molar-refractivity contribution in [3.63, 3.8) is 0 Å². The molecule has 1 unspecified atom stereocenters. The number of nitrogens with one attached hydrogen (secondary N) is 1. The molecule has 2 nitrogen and oxygen atoms in total. The highest BCUT2D eigenvalue weighted by atomic mass is 16.5. The molecule has 0 spiro atoms. The Morgan fingerprint density at radius 1 is 1.12 bits per heavy atom. The van der Waals surface area contributed by atoms with Crippen LogP contribution in [-0.2, 0) is 4.74 Å². The quantitative estimate of drug-likeness (QED) is 0.610. The Bertz CT molecular complexity index is 164. The van der Waals surface area contributed by atoms with E-state index in [-0.39, 0.29) is 0 Å². The van der Waals surface area contributed by atoms with E-state index < -0.39 is 0 Å². The van der Waals surface area contributed by atoms with Crippen LogP contribution in [0.1, 0.15) is 58.8 Å². The van der Waals surface area contributed by atoms with Gasteiger partial charge >= 0.3 is 0 Å². The summed E-state index contributed by atoms with van der Waals surface area (Å²) in [5.74, 6) is 0. The number of hydrogen-bond donors (Lipinski definition) is 1. The molecule has 1 aliphatic rings. The summed E-state index contributed by atoms with van der Waals surface area (Å²) >= 11 is 0. The second-order valence-electron chi connectivity index (χ2n) is 5.25. The molecule has 1 N–H and O–H groups in total. The summed E-state index contributed by atoms with van der Waals surface area (Å²) in [6.07, 6.45) is 9.55. The molecule has 1 aliphatic heterocycles. The van der Waals surface area contributed by atoms with Crippen LogP contribution in [-0.4, -0.2) is 26.3 Å². The number of hydrogen-bond acceptors (Lipinski definition) is 2. The van der Waals surface area contributed by atoms with Crippen LogP contribution in [0.3, 0.4) is 0 Å². The predicted octanol–water partition coefficient (Wildman–Crippen LogP) is 3.36. The van der Waals surface area contributed by atoms with Gasteiger partial charge in [0, 0.05) is 18.6 Å². The molecule has 16 heavy (non-hydrogen) atoms. The maximum absolute atomic E-state index is 5.60. The van der Waals surface area contributed by atoms with Gasteiger partial charge in [0.05, 0.1) is 6.61 Å². The maximum atomic E-state index is 5.60. The fraction of sp³-hybridized carbons (Fsp3) is 1.00. The first-order chi connectivity index (χ1) is 7.83. The lowest BCUT2D eigenvalue weighted by atomic mass is 9.81. The van der Waals surface area contributed by atoms with Gasteiger partial charge in [-0.3, -0.25) is 0 Å². The smallest absolute Gasteiger partial charge is 0.0535 e. The van der Waals surface area contributed by atoms with Gasteiger partial charge in [-0.25, -0.2) is 0 Å². The molecular weight excluding hydrogens is 198 g/mol. The van der Waals surface area contributed by atoms with E-state index in [1.165, 1.54) is 44.9 Å². The fourth-order valence-electron chi connectivity index (χ4n) is 2.57. The lowest BCUT2D eigenvalue weighted by Crippen LogP contribution is -2.34. The van der Waals surface area contributed by atoms with Crippen LogP contribution in [0.2, 0.25) is 0 Å². The van der Waals surface area contributed by atoms with Crippen molar-refractivity contribution in [1.82, 2.24) is 5.32 Å². The number of ether oxygens (including phenoxy) is 1. The zero-order valence-electron chi connectivity index (χ0n) is 11.2. The topological polar surface area (TPSA) is 21.3 Å². The summed E-state index contributed by atoms with van der Waals surface area (Å²) in [5, 5.41) is 3.50. The molecule has 0 aromatic heterocycles. The zero-order chi connectivity index (χ0) is 11.7. The first kappa shape index (κ1) is 14.0.